The van der Waals surface area contributed by atoms with E-state index >= 15 is 0 Å². The Balaban J connectivity index is 0.000000776. The molecule has 16 heteroatoms. The van der Waals surface area contributed by atoms with Crippen LogP contribution in [0.3, 0.4) is 0 Å². The van der Waals surface area contributed by atoms with E-state index in [2.05, 4.69) is 66.7 Å². The molecular formula is C48H47F3O9S4. The molecule has 0 aromatic heterocycles. The molecule has 0 saturated carbocycles. The molecule has 338 valence electrons. The number of ether oxygens (including phenoxy) is 2. The molecule has 64 heavy (non-hydrogen) atoms. The predicted octanol–water partition coefficient (Wildman–Crippen LogP) is 10.4. The van der Waals surface area contributed by atoms with Crippen LogP contribution in [0, 0.1) is 0 Å². The van der Waals surface area contributed by atoms with Crippen LogP contribution in [0.25, 0.3) is 11.1 Å². The van der Waals surface area contributed by atoms with Crippen LogP contribution in [0.5, 0.6) is 11.5 Å². The summed E-state index contributed by atoms with van der Waals surface area (Å²) in [4.78, 5) is 3.48. The van der Waals surface area contributed by atoms with Crippen molar-refractivity contribution in [1.29, 1.82) is 0 Å². The molecule has 6 aromatic rings. The lowest BCUT2D eigenvalue weighted by Crippen LogP contribution is -2.28. The van der Waals surface area contributed by atoms with E-state index in [9.17, 15) is 30.0 Å². The van der Waals surface area contributed by atoms with E-state index in [4.69, 9.17) is 22.4 Å². The SMILES string of the molecule is CCCCS(=O)(=O)c1ccc([S+](c2ccc(S(=O)(=O)CCCC)cc2)c2ccc3c(c2)C(c2ccc(OC)cc2)(c2ccc(OC)cc2)c2ccccc2-3)cc1.O=S(=O)([O-])C(F)(F)F. The molecule has 1 aliphatic rings. The average molecular weight is 953 g/mol. The van der Waals surface area contributed by atoms with Gasteiger partial charge in [0, 0.05) is 0 Å². The van der Waals surface area contributed by atoms with Crippen molar-refractivity contribution in [2.75, 3.05) is 25.7 Å². The number of hydrogen-bond acceptors (Lipinski definition) is 9. The molecule has 0 spiro atoms. The Bertz CT molecular complexity index is 2770. The topological polar surface area (TPSA) is 144 Å². The molecule has 0 heterocycles. The van der Waals surface area contributed by atoms with Crippen LogP contribution in [0.1, 0.15) is 61.8 Å². The van der Waals surface area contributed by atoms with Gasteiger partial charge in [-0.1, -0.05) is 75.2 Å². The minimum Gasteiger partial charge on any atom is -0.741 e. The van der Waals surface area contributed by atoms with Gasteiger partial charge in [-0.25, -0.2) is 25.3 Å². The number of alkyl halides is 3. The van der Waals surface area contributed by atoms with Crippen molar-refractivity contribution < 1.29 is 52.5 Å². The fourth-order valence-corrected chi connectivity index (χ4v) is 12.7. The van der Waals surface area contributed by atoms with Crippen LogP contribution in [-0.2, 0) is 46.1 Å². The summed E-state index contributed by atoms with van der Waals surface area (Å²) in [6, 6.07) is 46.3. The number of sulfone groups is 2. The van der Waals surface area contributed by atoms with Crippen LogP contribution in [0.15, 0.2) is 164 Å². The lowest BCUT2D eigenvalue weighted by molar-refractivity contribution is -0.0517. The van der Waals surface area contributed by atoms with Gasteiger partial charge in [0.1, 0.15) is 11.5 Å². The van der Waals surface area contributed by atoms with Crippen LogP contribution >= 0.6 is 0 Å². The van der Waals surface area contributed by atoms with Gasteiger partial charge in [-0.2, -0.15) is 13.2 Å². The second-order valence-corrected chi connectivity index (χ2v) is 22.6. The number of unbranched alkanes of at least 4 members (excludes halogenated alkanes) is 2. The number of halogens is 3. The zero-order valence-electron chi connectivity index (χ0n) is 35.5. The Kier molecular flexibility index (Phi) is 14.8. The summed E-state index contributed by atoms with van der Waals surface area (Å²) in [7, 11) is -10.4. The number of fused-ring (bicyclic) bond motifs is 3. The van der Waals surface area contributed by atoms with Crippen LogP contribution < -0.4 is 9.47 Å². The van der Waals surface area contributed by atoms with Gasteiger partial charge >= 0.3 is 5.51 Å². The number of benzene rings is 6. The highest BCUT2D eigenvalue weighted by Crippen LogP contribution is 2.57. The molecule has 1 aliphatic carbocycles. The van der Waals surface area contributed by atoms with Crippen molar-refractivity contribution in [2.24, 2.45) is 0 Å². The maximum Gasteiger partial charge on any atom is 0.485 e. The van der Waals surface area contributed by atoms with E-state index in [0.717, 1.165) is 72.4 Å². The molecule has 9 nitrogen and oxygen atoms in total. The van der Waals surface area contributed by atoms with E-state index in [1.54, 1.807) is 38.5 Å². The Morgan fingerprint density at radius 3 is 1.33 bits per heavy atom. The zero-order chi connectivity index (χ0) is 46.5. The summed E-state index contributed by atoms with van der Waals surface area (Å²) < 4.78 is 123. The van der Waals surface area contributed by atoms with Gasteiger partial charge in [0.05, 0.1) is 51.8 Å². The van der Waals surface area contributed by atoms with Gasteiger partial charge in [-0.05, 0) is 137 Å². The first kappa shape index (κ1) is 48.3. The molecule has 0 fully saturated rings. The molecule has 0 unspecified atom stereocenters. The molecule has 0 bridgehead atoms. The molecule has 0 radical (unpaired) electrons. The third-order valence-electron chi connectivity index (χ3n) is 11.0. The van der Waals surface area contributed by atoms with Crippen molar-refractivity contribution in [3.63, 3.8) is 0 Å². The van der Waals surface area contributed by atoms with E-state index < -0.39 is 51.6 Å². The van der Waals surface area contributed by atoms with Gasteiger partial charge in [-0.15, -0.1) is 0 Å². The highest BCUT2D eigenvalue weighted by Gasteiger charge is 2.47. The minimum atomic E-state index is -6.09. The Labute approximate surface area is 376 Å². The van der Waals surface area contributed by atoms with E-state index in [-0.39, 0.29) is 11.5 Å². The maximum atomic E-state index is 13.2. The van der Waals surface area contributed by atoms with Gasteiger partial charge in [0.15, 0.2) is 44.5 Å². The van der Waals surface area contributed by atoms with Gasteiger partial charge in [-0.3, -0.25) is 0 Å². The van der Waals surface area contributed by atoms with E-state index in [0.29, 0.717) is 22.6 Å². The van der Waals surface area contributed by atoms with Gasteiger partial charge in [0.25, 0.3) is 0 Å². The molecule has 0 atom stereocenters. The Morgan fingerprint density at radius 2 is 0.938 bits per heavy atom. The van der Waals surface area contributed by atoms with E-state index in [1.165, 1.54) is 0 Å². The summed E-state index contributed by atoms with van der Waals surface area (Å²) in [6.45, 7) is 3.97. The molecule has 0 amide bonds. The smallest absolute Gasteiger partial charge is 0.485 e. The summed E-state index contributed by atoms with van der Waals surface area (Å²) in [5.41, 5.74) is 0.340. The van der Waals surface area contributed by atoms with Crippen LogP contribution in [-0.4, -0.2) is 61.0 Å². The highest BCUT2D eigenvalue weighted by atomic mass is 32.2. The summed E-state index contributed by atoms with van der Waals surface area (Å²) >= 11 is 0. The largest absolute Gasteiger partial charge is 0.741 e. The maximum absolute atomic E-state index is 13.2. The zero-order valence-corrected chi connectivity index (χ0v) is 38.7. The molecule has 0 saturated heterocycles. The van der Waals surface area contributed by atoms with Crippen molar-refractivity contribution in [3.8, 4) is 22.6 Å². The quantitative estimate of drug-likeness (QED) is 0.0557. The summed E-state index contributed by atoms with van der Waals surface area (Å²) in [5.74, 6) is 1.74. The molecule has 7 rings (SSSR count). The van der Waals surface area contributed by atoms with Crippen molar-refractivity contribution >= 4 is 40.7 Å². The first-order chi connectivity index (χ1) is 30.3. The number of rotatable bonds is 15. The molecule has 0 aliphatic heterocycles. The monoisotopic (exact) mass is 952 g/mol. The number of hydrogen-bond donors (Lipinski definition) is 0. The predicted molar refractivity (Wildman–Crippen MR) is 242 cm³/mol. The first-order valence-electron chi connectivity index (χ1n) is 20.3. The average Bonchev–Trinajstić information content (AvgIpc) is 3.58. The Hall–Kier alpha value is -5.13. The normalized spacial score (nSPS) is 13.4. The number of methoxy groups -OCH3 is 2. The Morgan fingerprint density at radius 1 is 0.547 bits per heavy atom. The minimum absolute atomic E-state index is 0.104. The van der Waals surface area contributed by atoms with Crippen LogP contribution in [0.4, 0.5) is 13.2 Å². The van der Waals surface area contributed by atoms with E-state index in [1.807, 2.05) is 62.4 Å². The molecule has 6 aromatic carbocycles. The fraction of sp³-hybridized carbons (Fsp3) is 0.250. The van der Waals surface area contributed by atoms with Crippen molar-refractivity contribution in [2.45, 2.75) is 74.9 Å². The molecule has 0 N–H and O–H groups in total. The standard InChI is InChI=1S/C47H47O6S3.CHF3O3S/c1-5-7-31-55(48,49)41-26-21-38(22-27-41)54(39-23-28-42(29-24-39)56(50,51)32-8-6-2)40-25-30-44-43-11-9-10-12-45(43)47(46(44)33-40,34-13-17-36(52-3)18-14-34)35-15-19-37(53-4)20-16-35;2-1(3,4)8(5,6)7/h9-30,33H,5-8,31-32H2,1-4H3;(H,5,6,7)/q+1;/p-1. The summed E-state index contributed by atoms with van der Waals surface area (Å²) in [5, 5.41) is 0. The van der Waals surface area contributed by atoms with Gasteiger partial charge in [0.2, 0.25) is 0 Å². The highest BCUT2D eigenvalue weighted by molar-refractivity contribution is 7.97. The lowest BCUT2D eigenvalue weighted by Gasteiger charge is -2.34. The third kappa shape index (κ3) is 9.91. The lowest BCUT2D eigenvalue weighted by atomic mass is 9.67. The van der Waals surface area contributed by atoms with Crippen molar-refractivity contribution in [3.05, 3.63) is 162 Å². The molecular weight excluding hydrogens is 906 g/mol. The second-order valence-electron chi connectivity index (χ2n) is 15.0. The van der Waals surface area contributed by atoms with Crippen LogP contribution in [0.2, 0.25) is 0 Å². The van der Waals surface area contributed by atoms with Crippen molar-refractivity contribution in [1.82, 2.24) is 0 Å². The van der Waals surface area contributed by atoms with Gasteiger partial charge < -0.3 is 14.0 Å². The fourth-order valence-electron chi connectivity index (χ4n) is 7.74. The second kappa shape index (κ2) is 19.5. The first-order valence-corrected chi connectivity index (χ1v) is 26.2. The summed E-state index contributed by atoms with van der Waals surface area (Å²) in [6.07, 6.45) is 2.79. The third-order valence-corrected chi connectivity index (χ3v) is 17.4.